The highest BCUT2D eigenvalue weighted by Crippen LogP contribution is 2.18. The molecule has 0 unspecified atom stereocenters. The molecular weight excluding hydrogens is 238 g/mol. The fraction of sp³-hybridized carbons (Fsp3) is 0.467. The quantitative estimate of drug-likeness (QED) is 0.898. The summed E-state index contributed by atoms with van der Waals surface area (Å²) in [5.74, 6) is 0.0844. The van der Waals surface area contributed by atoms with E-state index in [0.717, 1.165) is 31.5 Å². The lowest BCUT2D eigenvalue weighted by atomic mass is 10.0. The highest BCUT2D eigenvalue weighted by Gasteiger charge is 2.26. The number of carbonyl (C=O) groups excluding carboxylic acids is 1. The molecule has 1 fully saturated rings. The summed E-state index contributed by atoms with van der Waals surface area (Å²) in [4.78, 5) is 14.3. The van der Waals surface area contributed by atoms with Gasteiger partial charge < -0.3 is 10.2 Å². The summed E-state index contributed by atoms with van der Waals surface area (Å²) in [5.41, 5.74) is 0.870. The molecule has 2 rings (SSSR count). The normalized spacial score (nSPS) is 18.6. The zero-order chi connectivity index (χ0) is 13.5. The Morgan fingerprint density at radius 3 is 2.79 bits per heavy atom. The molecule has 1 aliphatic heterocycles. The number of piperidine rings is 1. The van der Waals surface area contributed by atoms with Crippen LogP contribution in [-0.4, -0.2) is 25.0 Å². The molecule has 0 saturated carbocycles. The van der Waals surface area contributed by atoms with Crippen LogP contribution in [0.15, 0.2) is 30.3 Å². The van der Waals surface area contributed by atoms with Crippen LogP contribution in [0.1, 0.15) is 25.7 Å². The van der Waals surface area contributed by atoms with Crippen molar-refractivity contribution in [3.05, 3.63) is 30.3 Å². The minimum atomic E-state index is -0.104. The minimum Gasteiger partial charge on any atom is -0.310 e. The number of hydrogen-bond donors (Lipinski definition) is 1. The zero-order valence-corrected chi connectivity index (χ0v) is 11.0. The van der Waals surface area contributed by atoms with Gasteiger partial charge in [0.25, 0.3) is 0 Å². The molecule has 4 nitrogen and oxygen atoms in total. The van der Waals surface area contributed by atoms with Crippen LogP contribution in [0.25, 0.3) is 0 Å². The Hall–Kier alpha value is -1.86. The predicted octanol–water partition coefficient (Wildman–Crippen LogP) is 2.08. The zero-order valence-electron chi connectivity index (χ0n) is 11.0. The van der Waals surface area contributed by atoms with E-state index in [1.54, 1.807) is 4.90 Å². The maximum absolute atomic E-state index is 12.6. The topological polar surface area (TPSA) is 56.1 Å². The van der Waals surface area contributed by atoms with Crippen LogP contribution in [0, 0.1) is 11.3 Å². The SMILES string of the molecule is N#CCCN(C(=O)[C@@H]1CCCCN1)c1ccccc1. The summed E-state index contributed by atoms with van der Waals surface area (Å²) in [6, 6.07) is 11.6. The van der Waals surface area contributed by atoms with Crippen LogP contribution in [0.5, 0.6) is 0 Å². The third-order valence-electron chi connectivity index (χ3n) is 3.39. The number of carbonyl (C=O) groups is 1. The molecule has 0 aliphatic carbocycles. The van der Waals surface area contributed by atoms with Crippen LogP contribution in [0.4, 0.5) is 5.69 Å². The summed E-state index contributed by atoms with van der Waals surface area (Å²) in [6.07, 6.45) is 3.46. The number of benzene rings is 1. The van der Waals surface area contributed by atoms with Crippen molar-refractivity contribution in [2.45, 2.75) is 31.7 Å². The van der Waals surface area contributed by atoms with Crippen LogP contribution < -0.4 is 10.2 Å². The highest BCUT2D eigenvalue weighted by molar-refractivity contribution is 5.97. The summed E-state index contributed by atoms with van der Waals surface area (Å²) >= 11 is 0. The molecule has 0 radical (unpaired) electrons. The maximum atomic E-state index is 12.6. The van der Waals surface area contributed by atoms with Gasteiger partial charge in [0, 0.05) is 12.2 Å². The molecule has 1 aromatic carbocycles. The summed E-state index contributed by atoms with van der Waals surface area (Å²) in [7, 11) is 0. The van der Waals surface area contributed by atoms with Crippen molar-refractivity contribution in [1.82, 2.24) is 5.32 Å². The summed E-state index contributed by atoms with van der Waals surface area (Å²) in [5, 5.41) is 12.0. The number of nitrogens with zero attached hydrogens (tertiary/aromatic N) is 2. The Kier molecular flexibility index (Phi) is 4.93. The third kappa shape index (κ3) is 3.55. The van der Waals surface area contributed by atoms with E-state index in [2.05, 4.69) is 11.4 Å². The van der Waals surface area contributed by atoms with E-state index in [0.29, 0.717) is 13.0 Å². The van der Waals surface area contributed by atoms with Crippen molar-refractivity contribution in [1.29, 1.82) is 5.26 Å². The van der Waals surface area contributed by atoms with Crippen LogP contribution in [-0.2, 0) is 4.79 Å². The number of anilines is 1. The number of hydrogen-bond acceptors (Lipinski definition) is 3. The van der Waals surface area contributed by atoms with E-state index in [1.165, 1.54) is 0 Å². The number of nitrogens with one attached hydrogen (secondary N) is 1. The van der Waals surface area contributed by atoms with E-state index < -0.39 is 0 Å². The monoisotopic (exact) mass is 257 g/mol. The molecule has 0 bridgehead atoms. The molecule has 1 N–H and O–H groups in total. The molecule has 0 aromatic heterocycles. The lowest BCUT2D eigenvalue weighted by molar-refractivity contribution is -0.121. The van der Waals surface area contributed by atoms with Crippen molar-refractivity contribution < 1.29 is 4.79 Å². The second-order valence-electron chi connectivity index (χ2n) is 4.74. The number of rotatable bonds is 4. The van der Waals surface area contributed by atoms with E-state index in [1.807, 2.05) is 30.3 Å². The fourth-order valence-corrected chi connectivity index (χ4v) is 2.39. The lowest BCUT2D eigenvalue weighted by Gasteiger charge is -2.29. The number of para-hydroxylation sites is 1. The molecule has 1 aromatic rings. The van der Waals surface area contributed by atoms with Gasteiger partial charge in [0.05, 0.1) is 18.5 Å². The number of amides is 1. The van der Waals surface area contributed by atoms with Crippen molar-refractivity contribution in [3.8, 4) is 6.07 Å². The second kappa shape index (κ2) is 6.91. The van der Waals surface area contributed by atoms with Gasteiger partial charge in [0.2, 0.25) is 5.91 Å². The minimum absolute atomic E-state index is 0.0844. The van der Waals surface area contributed by atoms with E-state index >= 15 is 0 Å². The van der Waals surface area contributed by atoms with Crippen molar-refractivity contribution >= 4 is 11.6 Å². The first-order valence-electron chi connectivity index (χ1n) is 6.79. The first-order chi connectivity index (χ1) is 9.33. The third-order valence-corrected chi connectivity index (χ3v) is 3.39. The van der Waals surface area contributed by atoms with Crippen LogP contribution in [0.3, 0.4) is 0 Å². The van der Waals surface area contributed by atoms with E-state index in [9.17, 15) is 4.79 Å². The molecule has 1 saturated heterocycles. The second-order valence-corrected chi connectivity index (χ2v) is 4.74. The first-order valence-corrected chi connectivity index (χ1v) is 6.79. The summed E-state index contributed by atoms with van der Waals surface area (Å²) < 4.78 is 0. The van der Waals surface area contributed by atoms with Gasteiger partial charge in [-0.3, -0.25) is 4.79 Å². The Morgan fingerprint density at radius 2 is 2.16 bits per heavy atom. The van der Waals surface area contributed by atoms with Crippen molar-refractivity contribution in [2.75, 3.05) is 18.0 Å². The standard InChI is InChI=1S/C15H19N3O/c16-10-6-12-18(13-7-2-1-3-8-13)15(19)14-9-4-5-11-17-14/h1-3,7-8,14,17H,4-6,9,11-12H2/t14-/m0/s1. The average Bonchev–Trinajstić information content (AvgIpc) is 2.49. The van der Waals surface area contributed by atoms with Gasteiger partial charge >= 0.3 is 0 Å². The molecule has 19 heavy (non-hydrogen) atoms. The van der Waals surface area contributed by atoms with Gasteiger partial charge in [-0.2, -0.15) is 5.26 Å². The van der Waals surface area contributed by atoms with Gasteiger partial charge in [-0.25, -0.2) is 0 Å². The Bertz CT molecular complexity index is 446. The molecular formula is C15H19N3O. The largest absolute Gasteiger partial charge is 0.310 e. The Labute approximate surface area is 114 Å². The van der Waals surface area contributed by atoms with Crippen molar-refractivity contribution in [3.63, 3.8) is 0 Å². The van der Waals surface area contributed by atoms with Crippen molar-refractivity contribution in [2.24, 2.45) is 0 Å². The molecule has 4 heteroatoms. The van der Waals surface area contributed by atoms with Gasteiger partial charge in [-0.05, 0) is 31.5 Å². The molecule has 100 valence electrons. The first kappa shape index (κ1) is 13.6. The molecule has 1 atom stereocenters. The van der Waals surface area contributed by atoms with E-state index in [-0.39, 0.29) is 11.9 Å². The van der Waals surface area contributed by atoms with Gasteiger partial charge in [0.15, 0.2) is 0 Å². The predicted molar refractivity (Wildman–Crippen MR) is 74.7 cm³/mol. The van der Waals surface area contributed by atoms with Crippen LogP contribution in [0.2, 0.25) is 0 Å². The average molecular weight is 257 g/mol. The lowest BCUT2D eigenvalue weighted by Crippen LogP contribution is -2.49. The highest BCUT2D eigenvalue weighted by atomic mass is 16.2. The molecule has 1 amide bonds. The molecule has 0 spiro atoms. The van der Waals surface area contributed by atoms with Gasteiger partial charge in [0.1, 0.15) is 0 Å². The van der Waals surface area contributed by atoms with Gasteiger partial charge in [-0.15, -0.1) is 0 Å². The Balaban J connectivity index is 2.12. The maximum Gasteiger partial charge on any atom is 0.244 e. The fourth-order valence-electron chi connectivity index (χ4n) is 2.39. The smallest absolute Gasteiger partial charge is 0.244 e. The number of nitriles is 1. The molecule has 1 aliphatic rings. The van der Waals surface area contributed by atoms with Gasteiger partial charge in [-0.1, -0.05) is 24.6 Å². The summed E-state index contributed by atoms with van der Waals surface area (Å²) in [6.45, 7) is 1.36. The molecule has 1 heterocycles. The van der Waals surface area contributed by atoms with Crippen LogP contribution >= 0.6 is 0 Å². The van der Waals surface area contributed by atoms with E-state index in [4.69, 9.17) is 5.26 Å². The Morgan fingerprint density at radius 1 is 1.37 bits per heavy atom.